The number of aromatic nitrogens is 1. The smallest absolute Gasteiger partial charge is 0.410 e. The summed E-state index contributed by atoms with van der Waals surface area (Å²) < 4.78 is 16.4. The Hall–Kier alpha value is -1.98. The molecule has 1 aromatic heterocycles. The van der Waals surface area contributed by atoms with Crippen molar-refractivity contribution in [3.8, 4) is 11.6 Å². The van der Waals surface area contributed by atoms with Gasteiger partial charge in [-0.15, -0.1) is 0 Å². The number of carbonyl (C=O) groups excluding carboxylic acids is 1. The number of hydrogen-bond donors (Lipinski definition) is 0. The number of hydrogen-bond acceptors (Lipinski definition) is 5. The van der Waals surface area contributed by atoms with E-state index in [-0.39, 0.29) is 12.2 Å². The quantitative estimate of drug-likeness (QED) is 0.859. The second-order valence-corrected chi connectivity index (χ2v) is 6.32. The number of likely N-dealkylation sites (tertiary alicyclic amines) is 1. The highest BCUT2D eigenvalue weighted by atomic mass is 16.6. The van der Waals surface area contributed by atoms with Crippen molar-refractivity contribution in [2.75, 3.05) is 20.2 Å². The highest BCUT2D eigenvalue weighted by Gasteiger charge is 2.27. The molecule has 0 radical (unpaired) electrons. The van der Waals surface area contributed by atoms with Gasteiger partial charge in [-0.05, 0) is 26.8 Å². The maximum atomic E-state index is 12.0. The van der Waals surface area contributed by atoms with E-state index >= 15 is 0 Å². The van der Waals surface area contributed by atoms with Gasteiger partial charge in [0.25, 0.3) is 0 Å². The minimum absolute atomic E-state index is 0.0887. The average molecular weight is 308 g/mol. The lowest BCUT2D eigenvalue weighted by Crippen LogP contribution is -2.44. The Morgan fingerprint density at radius 3 is 2.59 bits per heavy atom. The van der Waals surface area contributed by atoms with E-state index in [9.17, 15) is 4.79 Å². The lowest BCUT2D eigenvalue weighted by atomic mass is 10.1. The van der Waals surface area contributed by atoms with Crippen LogP contribution in [-0.4, -0.2) is 47.9 Å². The largest absolute Gasteiger partial charge is 0.490 e. The molecule has 1 amide bonds. The van der Waals surface area contributed by atoms with Crippen molar-refractivity contribution >= 4 is 6.09 Å². The third-order valence-corrected chi connectivity index (χ3v) is 3.31. The fourth-order valence-electron chi connectivity index (χ4n) is 2.25. The van der Waals surface area contributed by atoms with Crippen LogP contribution in [-0.2, 0) is 4.74 Å². The summed E-state index contributed by atoms with van der Waals surface area (Å²) in [6.07, 6.45) is 3.06. The number of ether oxygens (including phenoxy) is 3. The van der Waals surface area contributed by atoms with Gasteiger partial charge in [-0.2, -0.15) is 0 Å². The fourth-order valence-corrected chi connectivity index (χ4v) is 2.25. The molecule has 0 unspecified atom stereocenters. The molecule has 2 heterocycles. The molecule has 1 saturated heterocycles. The van der Waals surface area contributed by atoms with E-state index in [0.29, 0.717) is 19.0 Å². The Labute approximate surface area is 131 Å². The molecular weight excluding hydrogens is 284 g/mol. The number of amides is 1. The van der Waals surface area contributed by atoms with E-state index in [0.717, 1.165) is 18.6 Å². The van der Waals surface area contributed by atoms with Crippen molar-refractivity contribution in [2.24, 2.45) is 0 Å². The van der Waals surface area contributed by atoms with Gasteiger partial charge in [-0.1, -0.05) is 0 Å². The SMILES string of the molecule is COc1cc(OC2CCN(C(=O)OC(C)(C)C)CC2)ccn1. The molecule has 6 nitrogen and oxygen atoms in total. The van der Waals surface area contributed by atoms with Gasteiger partial charge < -0.3 is 19.1 Å². The summed E-state index contributed by atoms with van der Waals surface area (Å²) in [5, 5.41) is 0. The molecule has 0 N–H and O–H groups in total. The summed E-state index contributed by atoms with van der Waals surface area (Å²) in [4.78, 5) is 17.8. The van der Waals surface area contributed by atoms with Gasteiger partial charge >= 0.3 is 6.09 Å². The maximum Gasteiger partial charge on any atom is 0.410 e. The Kier molecular flexibility index (Phi) is 5.11. The lowest BCUT2D eigenvalue weighted by Gasteiger charge is -2.33. The summed E-state index contributed by atoms with van der Waals surface area (Å²) in [7, 11) is 1.57. The molecule has 0 spiro atoms. The predicted octanol–water partition coefficient (Wildman–Crippen LogP) is 2.87. The van der Waals surface area contributed by atoms with Crippen molar-refractivity contribution in [3.05, 3.63) is 18.3 Å². The zero-order valence-corrected chi connectivity index (χ0v) is 13.7. The van der Waals surface area contributed by atoms with E-state index in [1.165, 1.54) is 0 Å². The molecular formula is C16H24N2O4. The first-order valence-electron chi connectivity index (χ1n) is 7.52. The van der Waals surface area contributed by atoms with E-state index in [2.05, 4.69) is 4.98 Å². The van der Waals surface area contributed by atoms with Crippen LogP contribution in [0.1, 0.15) is 33.6 Å². The predicted molar refractivity (Wildman–Crippen MR) is 82.2 cm³/mol. The van der Waals surface area contributed by atoms with Crippen LogP contribution in [0.25, 0.3) is 0 Å². The van der Waals surface area contributed by atoms with Crippen LogP contribution in [0, 0.1) is 0 Å². The summed E-state index contributed by atoms with van der Waals surface area (Å²) >= 11 is 0. The molecule has 1 aromatic rings. The zero-order valence-electron chi connectivity index (χ0n) is 13.7. The molecule has 0 atom stereocenters. The van der Waals surface area contributed by atoms with Crippen molar-refractivity contribution in [3.63, 3.8) is 0 Å². The normalized spacial score (nSPS) is 16.3. The molecule has 0 aliphatic carbocycles. The van der Waals surface area contributed by atoms with E-state index in [1.807, 2.05) is 26.8 Å². The standard InChI is InChI=1S/C16H24N2O4/c1-16(2,3)22-15(19)18-9-6-12(7-10-18)21-13-5-8-17-14(11-13)20-4/h5,8,11-12H,6-7,9-10H2,1-4H3. The van der Waals surface area contributed by atoms with E-state index in [1.54, 1.807) is 24.3 Å². The molecule has 1 aliphatic rings. The van der Waals surface area contributed by atoms with E-state index in [4.69, 9.17) is 14.2 Å². The van der Waals surface area contributed by atoms with Crippen molar-refractivity contribution in [1.29, 1.82) is 0 Å². The number of piperidine rings is 1. The van der Waals surface area contributed by atoms with Gasteiger partial charge in [0.05, 0.1) is 7.11 Å². The van der Waals surface area contributed by atoms with Gasteiger partial charge in [-0.3, -0.25) is 0 Å². The van der Waals surface area contributed by atoms with Crippen LogP contribution in [0.4, 0.5) is 4.79 Å². The second kappa shape index (κ2) is 6.85. The van der Waals surface area contributed by atoms with Crippen molar-refractivity contribution < 1.29 is 19.0 Å². The third kappa shape index (κ3) is 4.79. The molecule has 22 heavy (non-hydrogen) atoms. The van der Waals surface area contributed by atoms with Crippen LogP contribution in [0.5, 0.6) is 11.6 Å². The van der Waals surface area contributed by atoms with Gasteiger partial charge in [0, 0.05) is 38.2 Å². The van der Waals surface area contributed by atoms with E-state index < -0.39 is 5.60 Å². The summed E-state index contributed by atoms with van der Waals surface area (Å²) in [6, 6.07) is 3.57. The van der Waals surface area contributed by atoms with Crippen molar-refractivity contribution in [2.45, 2.75) is 45.3 Å². The Balaban J connectivity index is 1.83. The topological polar surface area (TPSA) is 60.9 Å². The third-order valence-electron chi connectivity index (χ3n) is 3.31. The highest BCUT2D eigenvalue weighted by Crippen LogP contribution is 2.22. The lowest BCUT2D eigenvalue weighted by molar-refractivity contribution is 0.0126. The molecule has 0 aromatic carbocycles. The molecule has 1 fully saturated rings. The first-order chi connectivity index (χ1) is 10.4. The number of carbonyl (C=O) groups is 1. The Bertz CT molecular complexity index is 505. The number of nitrogens with zero attached hydrogens (tertiary/aromatic N) is 2. The first kappa shape index (κ1) is 16.4. The summed E-state index contributed by atoms with van der Waals surface area (Å²) in [5.74, 6) is 1.27. The zero-order chi connectivity index (χ0) is 16.2. The second-order valence-electron chi connectivity index (χ2n) is 6.32. The molecule has 122 valence electrons. The minimum atomic E-state index is -0.460. The molecule has 6 heteroatoms. The van der Waals surface area contributed by atoms with Crippen LogP contribution >= 0.6 is 0 Å². The van der Waals surface area contributed by atoms with Crippen LogP contribution < -0.4 is 9.47 Å². The van der Waals surface area contributed by atoms with Crippen LogP contribution in [0.3, 0.4) is 0 Å². The van der Waals surface area contributed by atoms with Gasteiger partial charge in [-0.25, -0.2) is 9.78 Å². The minimum Gasteiger partial charge on any atom is -0.490 e. The Morgan fingerprint density at radius 1 is 1.32 bits per heavy atom. The van der Waals surface area contributed by atoms with Crippen LogP contribution in [0.15, 0.2) is 18.3 Å². The summed E-state index contributed by atoms with van der Waals surface area (Å²) in [5.41, 5.74) is -0.460. The maximum absolute atomic E-state index is 12.0. The Morgan fingerprint density at radius 2 is 2.00 bits per heavy atom. The molecule has 0 saturated carbocycles. The summed E-state index contributed by atoms with van der Waals surface area (Å²) in [6.45, 7) is 6.90. The number of methoxy groups -OCH3 is 1. The molecule has 0 bridgehead atoms. The highest BCUT2D eigenvalue weighted by molar-refractivity contribution is 5.68. The molecule has 2 rings (SSSR count). The fraction of sp³-hybridized carbons (Fsp3) is 0.625. The monoisotopic (exact) mass is 308 g/mol. The number of pyridine rings is 1. The van der Waals surface area contributed by atoms with Gasteiger partial charge in [0.15, 0.2) is 0 Å². The van der Waals surface area contributed by atoms with Gasteiger partial charge in [0.2, 0.25) is 5.88 Å². The van der Waals surface area contributed by atoms with Crippen LogP contribution in [0.2, 0.25) is 0 Å². The average Bonchev–Trinajstić information content (AvgIpc) is 2.46. The van der Waals surface area contributed by atoms with Crippen molar-refractivity contribution in [1.82, 2.24) is 9.88 Å². The molecule has 1 aliphatic heterocycles. The first-order valence-corrected chi connectivity index (χ1v) is 7.52. The number of rotatable bonds is 3. The van der Waals surface area contributed by atoms with Gasteiger partial charge in [0.1, 0.15) is 17.5 Å².